The van der Waals surface area contributed by atoms with Crippen molar-refractivity contribution in [3.8, 4) is 17.6 Å². The largest absolute Gasteiger partial charge is 0.493 e. The molecule has 2 aromatic carbocycles. The Morgan fingerprint density at radius 3 is 2.48 bits per heavy atom. The topological polar surface area (TPSA) is 71.3 Å². The van der Waals surface area contributed by atoms with Crippen molar-refractivity contribution < 1.29 is 14.3 Å². The van der Waals surface area contributed by atoms with E-state index in [0.29, 0.717) is 27.8 Å². The number of benzene rings is 2. The van der Waals surface area contributed by atoms with E-state index >= 15 is 0 Å². The lowest BCUT2D eigenvalue weighted by molar-refractivity contribution is -0.112. The maximum Gasteiger partial charge on any atom is 0.266 e. The van der Waals surface area contributed by atoms with Gasteiger partial charge in [-0.1, -0.05) is 29.3 Å². The number of nitrogens with zero attached hydrogens (tertiary/aromatic N) is 1. The first kappa shape index (κ1) is 20.3. The van der Waals surface area contributed by atoms with E-state index in [9.17, 15) is 10.1 Å². The summed E-state index contributed by atoms with van der Waals surface area (Å²) in [4.78, 5) is 12.4. The van der Waals surface area contributed by atoms with Crippen LogP contribution in [0.15, 0.2) is 42.0 Å². The van der Waals surface area contributed by atoms with Crippen molar-refractivity contribution in [2.75, 3.05) is 12.4 Å². The Labute approximate surface area is 164 Å². The summed E-state index contributed by atoms with van der Waals surface area (Å²) < 4.78 is 11.0. The number of carbonyl (C=O) groups is 1. The number of rotatable bonds is 6. The van der Waals surface area contributed by atoms with Crippen LogP contribution < -0.4 is 14.8 Å². The van der Waals surface area contributed by atoms with E-state index in [1.165, 1.54) is 13.2 Å². The van der Waals surface area contributed by atoms with E-state index in [0.717, 1.165) is 5.56 Å². The zero-order valence-electron chi connectivity index (χ0n) is 15.7. The third-order valence-electron chi connectivity index (χ3n) is 3.59. The molecule has 6 heteroatoms. The van der Waals surface area contributed by atoms with Crippen molar-refractivity contribution in [1.82, 2.24) is 0 Å². The molecule has 2 rings (SSSR count). The minimum absolute atomic E-state index is 0.0498. The molecule has 0 radical (unpaired) electrons. The SMILES string of the molecule is COc1cc(/C=C(\C#N)C(=O)Nc2ccc(C)cc2)cc(Cl)c1OC(C)C. The van der Waals surface area contributed by atoms with Crippen molar-refractivity contribution in [3.63, 3.8) is 0 Å². The molecule has 0 atom stereocenters. The number of amides is 1. The second-order valence-electron chi connectivity index (χ2n) is 6.19. The first-order valence-electron chi connectivity index (χ1n) is 8.38. The molecule has 0 aromatic heterocycles. The zero-order valence-corrected chi connectivity index (χ0v) is 16.4. The highest BCUT2D eigenvalue weighted by molar-refractivity contribution is 6.32. The summed E-state index contributed by atoms with van der Waals surface area (Å²) >= 11 is 6.29. The molecule has 0 heterocycles. The summed E-state index contributed by atoms with van der Waals surface area (Å²) in [7, 11) is 1.50. The fourth-order valence-corrected chi connectivity index (χ4v) is 2.59. The van der Waals surface area contributed by atoms with Gasteiger partial charge in [0.05, 0.1) is 18.2 Å². The Balaban J connectivity index is 2.31. The molecular weight excluding hydrogens is 364 g/mol. The Bertz CT molecular complexity index is 897. The van der Waals surface area contributed by atoms with Crippen molar-refractivity contribution >= 4 is 29.3 Å². The van der Waals surface area contributed by atoms with E-state index < -0.39 is 5.91 Å². The third-order valence-corrected chi connectivity index (χ3v) is 3.87. The van der Waals surface area contributed by atoms with Gasteiger partial charge in [-0.25, -0.2) is 0 Å². The fraction of sp³-hybridized carbons (Fsp3) is 0.238. The average molecular weight is 385 g/mol. The molecule has 0 aliphatic rings. The molecule has 0 spiro atoms. The second kappa shape index (κ2) is 9.11. The number of halogens is 1. The molecule has 1 amide bonds. The van der Waals surface area contributed by atoms with Crippen LogP contribution in [0, 0.1) is 18.3 Å². The predicted molar refractivity (Wildman–Crippen MR) is 107 cm³/mol. The molecule has 5 nitrogen and oxygen atoms in total. The lowest BCUT2D eigenvalue weighted by atomic mass is 10.1. The number of hydrogen-bond donors (Lipinski definition) is 1. The maximum absolute atomic E-state index is 12.4. The van der Waals surface area contributed by atoms with Gasteiger partial charge in [-0.2, -0.15) is 5.26 Å². The van der Waals surface area contributed by atoms with Crippen molar-refractivity contribution in [2.24, 2.45) is 0 Å². The second-order valence-corrected chi connectivity index (χ2v) is 6.60. The van der Waals surface area contributed by atoms with Crippen LogP contribution in [0.1, 0.15) is 25.0 Å². The first-order valence-corrected chi connectivity index (χ1v) is 8.75. The zero-order chi connectivity index (χ0) is 20.0. The molecular formula is C21H21ClN2O3. The van der Waals surface area contributed by atoms with Crippen molar-refractivity contribution in [3.05, 3.63) is 58.1 Å². The number of anilines is 1. The summed E-state index contributed by atoms with van der Waals surface area (Å²) in [6.07, 6.45) is 1.38. The molecule has 140 valence electrons. The van der Waals surface area contributed by atoms with Crippen molar-refractivity contribution in [2.45, 2.75) is 26.9 Å². The van der Waals surface area contributed by atoms with Crippen LogP contribution >= 0.6 is 11.6 Å². The van der Waals surface area contributed by atoms with Crippen LogP contribution in [0.3, 0.4) is 0 Å². The van der Waals surface area contributed by atoms with Crippen LogP contribution in [0.4, 0.5) is 5.69 Å². The smallest absolute Gasteiger partial charge is 0.266 e. The number of hydrogen-bond acceptors (Lipinski definition) is 4. The molecule has 2 aromatic rings. The summed E-state index contributed by atoms with van der Waals surface area (Å²) in [6, 6.07) is 12.5. The monoisotopic (exact) mass is 384 g/mol. The van der Waals surface area contributed by atoms with Crippen LogP contribution in [-0.4, -0.2) is 19.1 Å². The van der Waals surface area contributed by atoms with Gasteiger partial charge in [-0.15, -0.1) is 0 Å². The van der Waals surface area contributed by atoms with Gasteiger partial charge in [0, 0.05) is 5.69 Å². The number of methoxy groups -OCH3 is 1. The lowest BCUT2D eigenvalue weighted by Gasteiger charge is -2.15. The summed E-state index contributed by atoms with van der Waals surface area (Å²) in [6.45, 7) is 5.72. The Kier molecular flexibility index (Phi) is 6.86. The minimum atomic E-state index is -0.501. The van der Waals surface area contributed by atoms with E-state index in [4.69, 9.17) is 21.1 Å². The Morgan fingerprint density at radius 1 is 1.26 bits per heavy atom. The lowest BCUT2D eigenvalue weighted by Crippen LogP contribution is -2.13. The van der Waals surface area contributed by atoms with Gasteiger partial charge in [0.1, 0.15) is 11.6 Å². The number of ether oxygens (including phenoxy) is 2. The molecule has 0 unspecified atom stereocenters. The number of aryl methyl sites for hydroxylation is 1. The van der Waals surface area contributed by atoms with Gasteiger partial charge in [0.25, 0.3) is 5.91 Å². The molecule has 0 saturated heterocycles. The number of nitriles is 1. The van der Waals surface area contributed by atoms with Gasteiger partial charge < -0.3 is 14.8 Å². The van der Waals surface area contributed by atoms with E-state index in [1.807, 2.05) is 39.0 Å². The number of nitrogens with one attached hydrogen (secondary N) is 1. The van der Waals surface area contributed by atoms with Crippen LogP contribution in [0.25, 0.3) is 6.08 Å². The fourth-order valence-electron chi connectivity index (χ4n) is 2.32. The maximum atomic E-state index is 12.4. The summed E-state index contributed by atoms with van der Waals surface area (Å²) in [5.41, 5.74) is 2.20. The summed E-state index contributed by atoms with van der Waals surface area (Å²) in [5.74, 6) is 0.353. The molecule has 0 aliphatic heterocycles. The van der Waals surface area contributed by atoms with Crippen LogP contribution in [0.2, 0.25) is 5.02 Å². The Morgan fingerprint density at radius 2 is 1.93 bits per heavy atom. The first-order chi connectivity index (χ1) is 12.8. The van der Waals surface area contributed by atoms with Gasteiger partial charge in [-0.05, 0) is 56.7 Å². The molecule has 0 saturated carbocycles. The van der Waals surface area contributed by atoms with Gasteiger partial charge in [0.15, 0.2) is 11.5 Å². The molecule has 0 bridgehead atoms. The highest BCUT2D eigenvalue weighted by atomic mass is 35.5. The normalized spacial score (nSPS) is 11.1. The molecule has 0 fully saturated rings. The Hall–Kier alpha value is -2.97. The van der Waals surface area contributed by atoms with Gasteiger partial charge in [-0.3, -0.25) is 4.79 Å². The number of carbonyl (C=O) groups excluding carboxylic acids is 1. The van der Waals surface area contributed by atoms with Crippen LogP contribution in [0.5, 0.6) is 11.5 Å². The summed E-state index contributed by atoms with van der Waals surface area (Å²) in [5, 5.41) is 12.4. The minimum Gasteiger partial charge on any atom is -0.493 e. The van der Waals surface area contributed by atoms with E-state index in [1.54, 1.807) is 24.3 Å². The molecule has 0 aliphatic carbocycles. The van der Waals surface area contributed by atoms with Gasteiger partial charge in [0.2, 0.25) is 0 Å². The third kappa shape index (κ3) is 5.50. The van der Waals surface area contributed by atoms with Crippen LogP contribution in [-0.2, 0) is 4.79 Å². The van der Waals surface area contributed by atoms with E-state index in [-0.39, 0.29) is 11.7 Å². The quantitative estimate of drug-likeness (QED) is 0.562. The highest BCUT2D eigenvalue weighted by Gasteiger charge is 2.15. The molecule has 27 heavy (non-hydrogen) atoms. The standard InChI is InChI=1S/C21H21ClN2O3/c1-13(2)27-20-18(22)10-15(11-19(20)26-4)9-16(12-23)21(25)24-17-7-5-14(3)6-8-17/h5-11,13H,1-4H3,(H,24,25)/b16-9+. The van der Waals surface area contributed by atoms with E-state index in [2.05, 4.69) is 5.32 Å². The molecule has 1 N–H and O–H groups in total. The predicted octanol–water partition coefficient (Wildman–Crippen LogP) is 4.99. The highest BCUT2D eigenvalue weighted by Crippen LogP contribution is 2.37. The average Bonchev–Trinajstić information content (AvgIpc) is 2.63. The van der Waals surface area contributed by atoms with Crippen molar-refractivity contribution in [1.29, 1.82) is 5.26 Å². The van der Waals surface area contributed by atoms with Gasteiger partial charge >= 0.3 is 0 Å².